The minimum absolute atomic E-state index is 0.112. The van der Waals surface area contributed by atoms with Crippen molar-refractivity contribution in [3.63, 3.8) is 0 Å². The Labute approximate surface area is 122 Å². The zero-order chi connectivity index (χ0) is 14.5. The molecule has 0 aliphatic rings. The number of halogens is 2. The molecule has 0 saturated carbocycles. The highest BCUT2D eigenvalue weighted by Crippen LogP contribution is 2.17. The van der Waals surface area contributed by atoms with Crippen LogP contribution in [-0.2, 0) is 6.54 Å². The molecule has 0 aromatic heterocycles. The average Bonchev–Trinajstić information content (AvgIpc) is 2.45. The first-order chi connectivity index (χ1) is 9.58. The second-order valence-electron chi connectivity index (χ2n) is 4.61. The van der Waals surface area contributed by atoms with Gasteiger partial charge in [0, 0.05) is 17.6 Å². The molecule has 0 saturated heterocycles. The molecule has 4 heteroatoms. The van der Waals surface area contributed by atoms with E-state index < -0.39 is 0 Å². The summed E-state index contributed by atoms with van der Waals surface area (Å²) in [5.41, 5.74) is 2.19. The van der Waals surface area contributed by atoms with E-state index in [4.69, 9.17) is 16.9 Å². The third kappa shape index (κ3) is 3.80. The molecule has 0 heterocycles. The predicted molar refractivity (Wildman–Crippen MR) is 77.8 cm³/mol. The zero-order valence-corrected chi connectivity index (χ0v) is 11.8. The Bertz CT molecular complexity index is 632. The van der Waals surface area contributed by atoms with Crippen LogP contribution in [0.1, 0.15) is 29.7 Å². The maximum atomic E-state index is 13.3. The maximum Gasteiger partial charge on any atom is 0.124 e. The molecule has 1 unspecified atom stereocenters. The normalized spacial score (nSPS) is 11.9. The molecule has 0 spiro atoms. The second kappa shape index (κ2) is 6.51. The van der Waals surface area contributed by atoms with Gasteiger partial charge in [0.15, 0.2) is 0 Å². The van der Waals surface area contributed by atoms with Crippen molar-refractivity contribution in [2.24, 2.45) is 0 Å². The summed E-state index contributed by atoms with van der Waals surface area (Å²) in [6, 6.07) is 14.0. The van der Waals surface area contributed by atoms with Crippen LogP contribution in [0.3, 0.4) is 0 Å². The molecule has 2 aromatic rings. The van der Waals surface area contributed by atoms with Gasteiger partial charge in [-0.05, 0) is 48.4 Å². The van der Waals surface area contributed by atoms with E-state index in [0.29, 0.717) is 17.1 Å². The molecule has 2 aromatic carbocycles. The van der Waals surface area contributed by atoms with Crippen LogP contribution in [0.25, 0.3) is 0 Å². The third-order valence-electron chi connectivity index (χ3n) is 3.07. The number of nitrogens with zero attached hydrogens (tertiary/aromatic N) is 1. The van der Waals surface area contributed by atoms with Crippen LogP contribution in [0.15, 0.2) is 42.5 Å². The molecular weight excluding hydrogens is 275 g/mol. The number of hydrogen-bond donors (Lipinski definition) is 1. The van der Waals surface area contributed by atoms with Gasteiger partial charge in [0.2, 0.25) is 0 Å². The monoisotopic (exact) mass is 288 g/mol. The Morgan fingerprint density at radius 3 is 2.60 bits per heavy atom. The molecule has 0 aliphatic carbocycles. The van der Waals surface area contributed by atoms with Crippen molar-refractivity contribution in [3.8, 4) is 6.07 Å². The highest BCUT2D eigenvalue weighted by atomic mass is 35.5. The van der Waals surface area contributed by atoms with Gasteiger partial charge in [0.25, 0.3) is 0 Å². The first kappa shape index (κ1) is 14.5. The number of benzene rings is 2. The first-order valence-electron chi connectivity index (χ1n) is 6.27. The predicted octanol–water partition coefficient (Wildman–Crippen LogP) is 4.20. The lowest BCUT2D eigenvalue weighted by Gasteiger charge is -2.14. The molecule has 1 N–H and O–H groups in total. The number of hydrogen-bond acceptors (Lipinski definition) is 2. The number of nitriles is 1. The van der Waals surface area contributed by atoms with Gasteiger partial charge >= 0.3 is 0 Å². The second-order valence-corrected chi connectivity index (χ2v) is 5.05. The fourth-order valence-corrected chi connectivity index (χ4v) is 2.08. The zero-order valence-electron chi connectivity index (χ0n) is 11.0. The molecule has 2 nitrogen and oxygen atoms in total. The van der Waals surface area contributed by atoms with E-state index in [2.05, 4.69) is 5.32 Å². The first-order valence-corrected chi connectivity index (χ1v) is 6.64. The minimum Gasteiger partial charge on any atom is -0.306 e. The Kier molecular flexibility index (Phi) is 4.73. The SMILES string of the molecule is CC(NCc1cc(F)cc(C#N)c1)c1ccc(Cl)cc1. The molecular formula is C16H14ClFN2. The summed E-state index contributed by atoms with van der Waals surface area (Å²) >= 11 is 5.85. The molecule has 20 heavy (non-hydrogen) atoms. The molecule has 0 bridgehead atoms. The number of nitrogens with one attached hydrogen (secondary N) is 1. The van der Waals surface area contributed by atoms with Gasteiger partial charge in [-0.25, -0.2) is 4.39 Å². The lowest BCUT2D eigenvalue weighted by atomic mass is 10.1. The van der Waals surface area contributed by atoms with Gasteiger partial charge in [0.1, 0.15) is 5.82 Å². The van der Waals surface area contributed by atoms with Crippen molar-refractivity contribution in [3.05, 3.63) is 70.0 Å². The van der Waals surface area contributed by atoms with E-state index in [1.165, 1.54) is 12.1 Å². The minimum atomic E-state index is -0.389. The van der Waals surface area contributed by atoms with Crippen molar-refractivity contribution < 1.29 is 4.39 Å². The Morgan fingerprint density at radius 1 is 1.25 bits per heavy atom. The van der Waals surface area contributed by atoms with Gasteiger partial charge in [-0.2, -0.15) is 5.26 Å². The summed E-state index contributed by atoms with van der Waals surface area (Å²) in [5, 5.41) is 12.8. The van der Waals surface area contributed by atoms with Crippen LogP contribution in [0, 0.1) is 17.1 Å². The standard InChI is InChI=1S/C16H14ClFN2/c1-11(14-2-4-15(17)5-3-14)20-10-13-6-12(9-19)7-16(18)8-13/h2-8,11,20H,10H2,1H3. The topological polar surface area (TPSA) is 35.8 Å². The molecule has 1 atom stereocenters. The molecule has 0 amide bonds. The van der Waals surface area contributed by atoms with Crippen molar-refractivity contribution in [1.29, 1.82) is 5.26 Å². The molecule has 102 valence electrons. The Hall–Kier alpha value is -1.89. The molecule has 0 radical (unpaired) electrons. The van der Waals surface area contributed by atoms with Gasteiger partial charge in [-0.15, -0.1) is 0 Å². The van der Waals surface area contributed by atoms with Gasteiger partial charge in [-0.3, -0.25) is 0 Å². The summed E-state index contributed by atoms with van der Waals surface area (Å²) < 4.78 is 13.3. The average molecular weight is 289 g/mol. The lowest BCUT2D eigenvalue weighted by Crippen LogP contribution is -2.18. The van der Waals surface area contributed by atoms with E-state index in [9.17, 15) is 4.39 Å². The number of rotatable bonds is 4. The van der Waals surface area contributed by atoms with Crippen molar-refractivity contribution in [1.82, 2.24) is 5.32 Å². The van der Waals surface area contributed by atoms with Gasteiger partial charge in [-0.1, -0.05) is 23.7 Å². The van der Waals surface area contributed by atoms with E-state index in [0.717, 1.165) is 11.1 Å². The maximum absolute atomic E-state index is 13.3. The fourth-order valence-electron chi connectivity index (χ4n) is 1.96. The highest BCUT2D eigenvalue weighted by Gasteiger charge is 2.06. The van der Waals surface area contributed by atoms with Crippen molar-refractivity contribution in [2.45, 2.75) is 19.5 Å². The quantitative estimate of drug-likeness (QED) is 0.915. The summed E-state index contributed by atoms with van der Waals surface area (Å²) in [6.07, 6.45) is 0. The highest BCUT2D eigenvalue weighted by molar-refractivity contribution is 6.30. The van der Waals surface area contributed by atoms with Crippen LogP contribution >= 0.6 is 11.6 Å². The summed E-state index contributed by atoms with van der Waals surface area (Å²) in [5.74, 6) is -0.389. The summed E-state index contributed by atoms with van der Waals surface area (Å²) in [4.78, 5) is 0. The van der Waals surface area contributed by atoms with Crippen molar-refractivity contribution >= 4 is 11.6 Å². The summed E-state index contributed by atoms with van der Waals surface area (Å²) in [7, 11) is 0. The molecule has 0 aliphatic heterocycles. The Morgan fingerprint density at radius 2 is 1.95 bits per heavy atom. The smallest absolute Gasteiger partial charge is 0.124 e. The van der Waals surface area contributed by atoms with E-state index in [1.807, 2.05) is 37.3 Å². The lowest BCUT2D eigenvalue weighted by molar-refractivity contribution is 0.569. The Balaban J connectivity index is 2.03. The van der Waals surface area contributed by atoms with Crippen LogP contribution in [0.4, 0.5) is 4.39 Å². The van der Waals surface area contributed by atoms with Crippen LogP contribution in [0.5, 0.6) is 0 Å². The van der Waals surface area contributed by atoms with Crippen LogP contribution in [-0.4, -0.2) is 0 Å². The van der Waals surface area contributed by atoms with Crippen LogP contribution in [0.2, 0.25) is 5.02 Å². The third-order valence-corrected chi connectivity index (χ3v) is 3.32. The van der Waals surface area contributed by atoms with E-state index in [-0.39, 0.29) is 11.9 Å². The fraction of sp³-hybridized carbons (Fsp3) is 0.188. The van der Waals surface area contributed by atoms with Crippen molar-refractivity contribution in [2.75, 3.05) is 0 Å². The summed E-state index contributed by atoms with van der Waals surface area (Å²) in [6.45, 7) is 2.52. The molecule has 0 fully saturated rings. The van der Waals surface area contributed by atoms with Gasteiger partial charge < -0.3 is 5.32 Å². The largest absolute Gasteiger partial charge is 0.306 e. The molecule has 2 rings (SSSR count). The van der Waals surface area contributed by atoms with E-state index in [1.54, 1.807) is 6.07 Å². The van der Waals surface area contributed by atoms with Crippen LogP contribution < -0.4 is 5.32 Å². The van der Waals surface area contributed by atoms with E-state index >= 15 is 0 Å². The van der Waals surface area contributed by atoms with Gasteiger partial charge in [0.05, 0.1) is 11.6 Å².